The maximum atomic E-state index is 13.1. The number of hydrogen-bond acceptors (Lipinski definition) is 5. The van der Waals surface area contributed by atoms with Crippen molar-refractivity contribution in [1.29, 1.82) is 0 Å². The first kappa shape index (κ1) is 23.5. The van der Waals surface area contributed by atoms with Crippen LogP contribution in [0.15, 0.2) is 24.4 Å². The molecule has 0 radical (unpaired) electrons. The molecule has 172 valence electrons. The van der Waals surface area contributed by atoms with E-state index in [-0.39, 0.29) is 17.9 Å². The van der Waals surface area contributed by atoms with Crippen molar-refractivity contribution in [1.82, 2.24) is 19.7 Å². The maximum Gasteiger partial charge on any atom is 0.410 e. The van der Waals surface area contributed by atoms with E-state index < -0.39 is 5.60 Å². The Morgan fingerprint density at radius 1 is 1.10 bits per heavy atom. The molecule has 2 amide bonds. The van der Waals surface area contributed by atoms with Gasteiger partial charge in [-0.3, -0.25) is 9.78 Å². The number of hydrogen-bond donors (Lipinski definition) is 0. The minimum atomic E-state index is -0.490. The van der Waals surface area contributed by atoms with Gasteiger partial charge in [0.2, 0.25) is 5.91 Å². The number of likely N-dealkylation sites (tertiary alicyclic amines) is 2. The summed E-state index contributed by atoms with van der Waals surface area (Å²) in [7, 11) is 1.96. The monoisotopic (exact) mass is 430 g/mol. The van der Waals surface area contributed by atoms with E-state index in [0.717, 1.165) is 44.6 Å². The summed E-state index contributed by atoms with van der Waals surface area (Å²) in [5.41, 5.74) is 0.644. The minimum Gasteiger partial charge on any atom is -0.444 e. The second-order valence-corrected chi connectivity index (χ2v) is 9.83. The first-order chi connectivity index (χ1) is 14.7. The zero-order valence-electron chi connectivity index (χ0n) is 19.5. The number of aromatic nitrogens is 1. The molecule has 0 spiro atoms. The van der Waals surface area contributed by atoms with Gasteiger partial charge in [0, 0.05) is 70.0 Å². The number of ether oxygens (including phenoxy) is 1. The summed E-state index contributed by atoms with van der Waals surface area (Å²) in [5, 5.41) is 0. The van der Waals surface area contributed by atoms with Crippen molar-refractivity contribution >= 4 is 12.0 Å². The molecular weight excluding hydrogens is 392 g/mol. The number of piperidine rings is 2. The average Bonchev–Trinajstić information content (AvgIpc) is 2.77. The van der Waals surface area contributed by atoms with Crippen LogP contribution < -0.4 is 0 Å². The third-order valence-electron chi connectivity index (χ3n) is 6.36. The predicted molar refractivity (Wildman–Crippen MR) is 121 cm³/mol. The Kier molecular flexibility index (Phi) is 7.92. The van der Waals surface area contributed by atoms with Crippen molar-refractivity contribution < 1.29 is 14.3 Å². The number of amides is 2. The molecule has 0 bridgehead atoms. The van der Waals surface area contributed by atoms with Crippen LogP contribution in [-0.2, 0) is 16.0 Å². The van der Waals surface area contributed by atoms with Gasteiger partial charge in [0.15, 0.2) is 0 Å². The van der Waals surface area contributed by atoms with Gasteiger partial charge in [0.1, 0.15) is 5.60 Å². The number of carbonyl (C=O) groups is 2. The van der Waals surface area contributed by atoms with Crippen LogP contribution in [0.5, 0.6) is 0 Å². The van der Waals surface area contributed by atoms with E-state index >= 15 is 0 Å². The predicted octanol–water partition coefficient (Wildman–Crippen LogP) is 3.19. The molecule has 31 heavy (non-hydrogen) atoms. The third kappa shape index (κ3) is 6.92. The van der Waals surface area contributed by atoms with Crippen LogP contribution in [0.2, 0.25) is 0 Å². The molecule has 2 saturated heterocycles. The van der Waals surface area contributed by atoms with Crippen molar-refractivity contribution in [3.05, 3.63) is 30.1 Å². The van der Waals surface area contributed by atoms with Crippen LogP contribution in [-0.4, -0.2) is 83.1 Å². The smallest absolute Gasteiger partial charge is 0.410 e. The topological polar surface area (TPSA) is 66.0 Å². The molecule has 7 nitrogen and oxygen atoms in total. The Balaban J connectivity index is 1.39. The van der Waals surface area contributed by atoms with Gasteiger partial charge >= 0.3 is 6.09 Å². The second kappa shape index (κ2) is 10.4. The highest BCUT2D eigenvalue weighted by Gasteiger charge is 2.33. The van der Waals surface area contributed by atoms with Gasteiger partial charge < -0.3 is 19.4 Å². The Morgan fingerprint density at radius 2 is 1.77 bits per heavy atom. The van der Waals surface area contributed by atoms with Crippen molar-refractivity contribution in [3.8, 4) is 0 Å². The lowest BCUT2D eigenvalue weighted by Crippen LogP contribution is -2.50. The molecule has 0 saturated carbocycles. The fraction of sp³-hybridized carbons (Fsp3) is 0.708. The molecular formula is C24H38N4O3. The van der Waals surface area contributed by atoms with Crippen molar-refractivity contribution in [2.75, 3.05) is 39.8 Å². The highest BCUT2D eigenvalue weighted by atomic mass is 16.6. The van der Waals surface area contributed by atoms with Crippen LogP contribution in [0.1, 0.15) is 52.1 Å². The highest BCUT2D eigenvalue weighted by molar-refractivity contribution is 5.79. The number of nitrogens with zero attached hydrogens (tertiary/aromatic N) is 4. The van der Waals surface area contributed by atoms with E-state index in [1.54, 1.807) is 4.90 Å². The Hall–Kier alpha value is -2.15. The van der Waals surface area contributed by atoms with Crippen molar-refractivity contribution in [3.63, 3.8) is 0 Å². The van der Waals surface area contributed by atoms with Crippen LogP contribution in [0.3, 0.4) is 0 Å². The number of pyridine rings is 1. The molecule has 0 aliphatic carbocycles. The van der Waals surface area contributed by atoms with Crippen LogP contribution in [0, 0.1) is 5.92 Å². The summed E-state index contributed by atoms with van der Waals surface area (Å²) in [5.74, 6) is 0.238. The maximum absolute atomic E-state index is 13.1. The summed E-state index contributed by atoms with van der Waals surface area (Å²) in [4.78, 5) is 35.9. The SMILES string of the molecule is CN(C(=O)C1CCN(C(=O)OC(C)(C)C)CC1)C1CCN(CCc2ccccn2)CC1. The average molecular weight is 431 g/mol. The van der Waals surface area contributed by atoms with E-state index in [1.165, 1.54) is 0 Å². The zero-order chi connectivity index (χ0) is 22.4. The van der Waals surface area contributed by atoms with Gasteiger partial charge in [-0.2, -0.15) is 0 Å². The normalized spacial score (nSPS) is 19.3. The molecule has 0 unspecified atom stereocenters. The lowest BCUT2D eigenvalue weighted by Gasteiger charge is -2.39. The first-order valence-corrected chi connectivity index (χ1v) is 11.6. The first-order valence-electron chi connectivity index (χ1n) is 11.6. The van der Waals surface area contributed by atoms with Gasteiger partial charge in [-0.05, 0) is 58.6 Å². The Bertz CT molecular complexity index is 718. The largest absolute Gasteiger partial charge is 0.444 e. The van der Waals surface area contributed by atoms with E-state index in [0.29, 0.717) is 32.0 Å². The highest BCUT2D eigenvalue weighted by Crippen LogP contribution is 2.24. The van der Waals surface area contributed by atoms with Gasteiger partial charge in [-0.15, -0.1) is 0 Å². The van der Waals surface area contributed by atoms with Gasteiger partial charge in [-0.25, -0.2) is 4.79 Å². The van der Waals surface area contributed by atoms with Gasteiger partial charge in [0.25, 0.3) is 0 Å². The van der Waals surface area contributed by atoms with E-state index in [2.05, 4.69) is 16.0 Å². The molecule has 0 atom stereocenters. The molecule has 3 rings (SSSR count). The van der Waals surface area contributed by atoms with Gasteiger partial charge in [0.05, 0.1) is 0 Å². The summed E-state index contributed by atoms with van der Waals surface area (Å²) < 4.78 is 5.46. The molecule has 1 aromatic heterocycles. The van der Waals surface area contributed by atoms with E-state index in [1.807, 2.05) is 51.0 Å². The Labute approximate surface area is 186 Å². The summed E-state index contributed by atoms with van der Waals surface area (Å²) in [6.07, 6.45) is 6.00. The lowest BCUT2D eigenvalue weighted by molar-refractivity contribution is -0.138. The van der Waals surface area contributed by atoms with Crippen molar-refractivity contribution in [2.24, 2.45) is 5.92 Å². The molecule has 2 aliphatic heterocycles. The Morgan fingerprint density at radius 3 is 2.35 bits per heavy atom. The fourth-order valence-electron chi connectivity index (χ4n) is 4.45. The quantitative estimate of drug-likeness (QED) is 0.718. The molecule has 2 fully saturated rings. The lowest BCUT2D eigenvalue weighted by atomic mass is 9.93. The standard InChI is InChI=1S/C24H38N4O3/c1-24(2,3)31-23(30)28-17-8-19(9-18-28)22(29)26(4)21-11-15-27(16-12-21)14-10-20-7-5-6-13-25-20/h5-7,13,19,21H,8-12,14-18H2,1-4H3. The molecule has 0 aromatic carbocycles. The molecule has 7 heteroatoms. The summed E-state index contributed by atoms with van der Waals surface area (Å²) in [6, 6.07) is 6.37. The molecule has 3 heterocycles. The zero-order valence-corrected chi connectivity index (χ0v) is 19.5. The summed E-state index contributed by atoms with van der Waals surface area (Å²) in [6.45, 7) is 9.86. The van der Waals surface area contributed by atoms with Crippen LogP contribution in [0.4, 0.5) is 4.79 Å². The third-order valence-corrected chi connectivity index (χ3v) is 6.36. The van der Waals surface area contributed by atoms with E-state index in [4.69, 9.17) is 4.74 Å². The number of rotatable bonds is 5. The second-order valence-electron chi connectivity index (χ2n) is 9.83. The summed E-state index contributed by atoms with van der Waals surface area (Å²) >= 11 is 0. The minimum absolute atomic E-state index is 0.00544. The van der Waals surface area contributed by atoms with Crippen LogP contribution >= 0.6 is 0 Å². The van der Waals surface area contributed by atoms with Crippen molar-refractivity contribution in [2.45, 2.75) is 64.5 Å². The van der Waals surface area contributed by atoms with Gasteiger partial charge in [-0.1, -0.05) is 6.07 Å². The molecule has 0 N–H and O–H groups in total. The number of carbonyl (C=O) groups excluding carboxylic acids is 2. The van der Waals surface area contributed by atoms with Crippen LogP contribution in [0.25, 0.3) is 0 Å². The fourth-order valence-corrected chi connectivity index (χ4v) is 4.45. The molecule has 1 aromatic rings. The molecule has 2 aliphatic rings. The van der Waals surface area contributed by atoms with E-state index in [9.17, 15) is 9.59 Å².